The molecule has 2 rings (SSSR count). The lowest BCUT2D eigenvalue weighted by Gasteiger charge is -1.98. The van der Waals surface area contributed by atoms with E-state index in [-0.39, 0.29) is 0 Å². The van der Waals surface area contributed by atoms with Crippen LogP contribution in [0.5, 0.6) is 0 Å². The SMILES string of the molecule is CCCNCCc1nnc(-c2ccccc2)o1. The maximum Gasteiger partial charge on any atom is 0.247 e. The van der Waals surface area contributed by atoms with E-state index in [0.717, 1.165) is 31.5 Å². The highest BCUT2D eigenvalue weighted by Gasteiger charge is 2.07. The largest absolute Gasteiger partial charge is 0.421 e. The van der Waals surface area contributed by atoms with Gasteiger partial charge in [0.15, 0.2) is 0 Å². The first-order valence-electron chi connectivity index (χ1n) is 5.98. The molecule has 0 fully saturated rings. The molecule has 2 aromatic rings. The Morgan fingerprint density at radius 2 is 1.94 bits per heavy atom. The van der Waals surface area contributed by atoms with E-state index in [4.69, 9.17) is 4.42 Å². The van der Waals surface area contributed by atoms with E-state index in [9.17, 15) is 0 Å². The number of hydrogen-bond acceptors (Lipinski definition) is 4. The summed E-state index contributed by atoms with van der Waals surface area (Å²) in [6.07, 6.45) is 1.92. The van der Waals surface area contributed by atoms with E-state index in [2.05, 4.69) is 22.4 Å². The number of nitrogens with zero attached hydrogens (tertiary/aromatic N) is 2. The second kappa shape index (κ2) is 6.15. The highest BCUT2D eigenvalue weighted by Crippen LogP contribution is 2.16. The predicted octanol–water partition coefficient (Wildman–Crippen LogP) is 2.28. The van der Waals surface area contributed by atoms with E-state index in [1.165, 1.54) is 0 Å². The molecule has 0 saturated heterocycles. The number of hydrogen-bond donors (Lipinski definition) is 1. The summed E-state index contributed by atoms with van der Waals surface area (Å²) < 4.78 is 5.59. The van der Waals surface area contributed by atoms with Gasteiger partial charge in [0, 0.05) is 18.5 Å². The average Bonchev–Trinajstić information content (AvgIpc) is 2.85. The van der Waals surface area contributed by atoms with Gasteiger partial charge in [-0.3, -0.25) is 0 Å². The van der Waals surface area contributed by atoms with Crippen LogP contribution in [0.1, 0.15) is 19.2 Å². The van der Waals surface area contributed by atoms with Gasteiger partial charge in [-0.25, -0.2) is 0 Å². The second-order valence-corrected chi connectivity index (χ2v) is 3.87. The number of nitrogens with one attached hydrogen (secondary N) is 1. The van der Waals surface area contributed by atoms with Crippen LogP contribution in [0.4, 0.5) is 0 Å². The van der Waals surface area contributed by atoms with Crippen molar-refractivity contribution in [2.45, 2.75) is 19.8 Å². The van der Waals surface area contributed by atoms with Gasteiger partial charge in [-0.15, -0.1) is 10.2 Å². The van der Waals surface area contributed by atoms with Gasteiger partial charge in [0.2, 0.25) is 11.8 Å². The molecule has 0 aliphatic carbocycles. The van der Waals surface area contributed by atoms with Crippen LogP contribution in [0.25, 0.3) is 11.5 Å². The smallest absolute Gasteiger partial charge is 0.247 e. The maximum atomic E-state index is 5.59. The van der Waals surface area contributed by atoms with E-state index in [0.29, 0.717) is 11.8 Å². The third-order valence-electron chi connectivity index (χ3n) is 2.43. The summed E-state index contributed by atoms with van der Waals surface area (Å²) in [5.41, 5.74) is 0.966. The first-order valence-corrected chi connectivity index (χ1v) is 5.98. The molecule has 1 N–H and O–H groups in total. The van der Waals surface area contributed by atoms with Crippen molar-refractivity contribution in [3.05, 3.63) is 36.2 Å². The molecular formula is C13H17N3O. The third kappa shape index (κ3) is 3.39. The first kappa shape index (κ1) is 11.8. The van der Waals surface area contributed by atoms with Gasteiger partial charge in [-0.1, -0.05) is 25.1 Å². The molecule has 0 radical (unpaired) electrons. The second-order valence-electron chi connectivity index (χ2n) is 3.87. The normalized spacial score (nSPS) is 10.6. The summed E-state index contributed by atoms with van der Waals surface area (Å²) >= 11 is 0. The van der Waals surface area contributed by atoms with Gasteiger partial charge in [-0.2, -0.15) is 0 Å². The minimum atomic E-state index is 0.594. The van der Waals surface area contributed by atoms with Gasteiger partial charge in [0.25, 0.3) is 0 Å². The molecule has 0 amide bonds. The Hall–Kier alpha value is -1.68. The van der Waals surface area contributed by atoms with Gasteiger partial charge in [0.1, 0.15) is 0 Å². The first-order chi connectivity index (χ1) is 8.40. The zero-order valence-corrected chi connectivity index (χ0v) is 10.0. The van der Waals surface area contributed by atoms with E-state index in [1.54, 1.807) is 0 Å². The van der Waals surface area contributed by atoms with Crippen LogP contribution in [0.2, 0.25) is 0 Å². The van der Waals surface area contributed by atoms with Crippen molar-refractivity contribution in [1.29, 1.82) is 0 Å². The molecular weight excluding hydrogens is 214 g/mol. The van der Waals surface area contributed by atoms with Crippen LogP contribution < -0.4 is 5.32 Å². The maximum absolute atomic E-state index is 5.59. The molecule has 17 heavy (non-hydrogen) atoms. The van der Waals surface area contributed by atoms with Gasteiger partial charge in [0.05, 0.1) is 0 Å². The van der Waals surface area contributed by atoms with Crippen LogP contribution in [-0.2, 0) is 6.42 Å². The lowest BCUT2D eigenvalue weighted by molar-refractivity contribution is 0.494. The molecule has 0 atom stereocenters. The zero-order chi connectivity index (χ0) is 11.9. The molecule has 1 aromatic heterocycles. The van der Waals surface area contributed by atoms with Gasteiger partial charge >= 0.3 is 0 Å². The number of aromatic nitrogens is 2. The van der Waals surface area contributed by atoms with Crippen LogP contribution in [0, 0.1) is 0 Å². The lowest BCUT2D eigenvalue weighted by atomic mass is 10.2. The minimum Gasteiger partial charge on any atom is -0.421 e. The summed E-state index contributed by atoms with van der Waals surface area (Å²) in [4.78, 5) is 0. The lowest BCUT2D eigenvalue weighted by Crippen LogP contribution is -2.17. The Morgan fingerprint density at radius 3 is 2.71 bits per heavy atom. The van der Waals surface area contributed by atoms with Crippen molar-refractivity contribution >= 4 is 0 Å². The predicted molar refractivity (Wildman–Crippen MR) is 66.6 cm³/mol. The Bertz CT molecular complexity index is 439. The molecule has 4 nitrogen and oxygen atoms in total. The minimum absolute atomic E-state index is 0.594. The highest BCUT2D eigenvalue weighted by molar-refractivity contribution is 5.51. The van der Waals surface area contributed by atoms with Crippen LogP contribution in [0.3, 0.4) is 0 Å². The summed E-state index contributed by atoms with van der Waals surface area (Å²) in [7, 11) is 0. The third-order valence-corrected chi connectivity index (χ3v) is 2.43. The Morgan fingerprint density at radius 1 is 1.12 bits per heavy atom. The monoisotopic (exact) mass is 231 g/mol. The zero-order valence-electron chi connectivity index (χ0n) is 10.0. The molecule has 0 aliphatic rings. The molecule has 4 heteroatoms. The average molecular weight is 231 g/mol. The van der Waals surface area contributed by atoms with Crippen LogP contribution in [-0.4, -0.2) is 23.3 Å². The molecule has 0 spiro atoms. The summed E-state index contributed by atoms with van der Waals surface area (Å²) in [5, 5.41) is 11.4. The van der Waals surface area contributed by atoms with E-state index in [1.807, 2.05) is 30.3 Å². The fourth-order valence-corrected chi connectivity index (χ4v) is 1.55. The van der Waals surface area contributed by atoms with Crippen molar-refractivity contribution in [3.63, 3.8) is 0 Å². The molecule has 0 unspecified atom stereocenters. The highest BCUT2D eigenvalue weighted by atomic mass is 16.4. The summed E-state index contributed by atoms with van der Waals surface area (Å²) in [6.45, 7) is 4.05. The fraction of sp³-hybridized carbons (Fsp3) is 0.385. The molecule has 0 saturated carbocycles. The molecule has 1 aromatic carbocycles. The van der Waals surface area contributed by atoms with Crippen molar-refractivity contribution in [1.82, 2.24) is 15.5 Å². The fourth-order valence-electron chi connectivity index (χ4n) is 1.55. The Kier molecular flexibility index (Phi) is 4.27. The van der Waals surface area contributed by atoms with E-state index >= 15 is 0 Å². The Balaban J connectivity index is 1.92. The number of benzene rings is 1. The van der Waals surface area contributed by atoms with Crippen LogP contribution in [0.15, 0.2) is 34.7 Å². The van der Waals surface area contributed by atoms with E-state index < -0.39 is 0 Å². The quantitative estimate of drug-likeness (QED) is 0.775. The molecule has 1 heterocycles. The molecule has 90 valence electrons. The van der Waals surface area contributed by atoms with Crippen molar-refractivity contribution in [3.8, 4) is 11.5 Å². The van der Waals surface area contributed by atoms with Crippen molar-refractivity contribution < 1.29 is 4.42 Å². The molecule has 0 aliphatic heterocycles. The van der Waals surface area contributed by atoms with Crippen LogP contribution >= 0.6 is 0 Å². The van der Waals surface area contributed by atoms with Gasteiger partial charge < -0.3 is 9.73 Å². The Labute approximate surface area is 101 Å². The van der Waals surface area contributed by atoms with Gasteiger partial charge in [-0.05, 0) is 25.1 Å². The summed E-state index contributed by atoms with van der Waals surface area (Å²) in [6, 6.07) is 9.82. The molecule has 0 bridgehead atoms. The topological polar surface area (TPSA) is 51.0 Å². The number of rotatable bonds is 6. The van der Waals surface area contributed by atoms with Crippen molar-refractivity contribution in [2.24, 2.45) is 0 Å². The van der Waals surface area contributed by atoms with Crippen molar-refractivity contribution in [2.75, 3.05) is 13.1 Å². The standard InChI is InChI=1S/C13H17N3O/c1-2-9-14-10-8-12-15-16-13(17-12)11-6-4-3-5-7-11/h3-7,14H,2,8-10H2,1H3. The summed E-state index contributed by atoms with van der Waals surface area (Å²) in [5.74, 6) is 1.28.